The average Bonchev–Trinajstić information content (AvgIpc) is 2.51. The van der Waals surface area contributed by atoms with E-state index in [2.05, 4.69) is 13.8 Å². The lowest BCUT2D eigenvalue weighted by atomic mass is 9.95. The molecule has 132 valence electrons. The third-order valence-corrected chi connectivity index (χ3v) is 4.37. The van der Waals surface area contributed by atoms with E-state index in [1.807, 2.05) is 6.92 Å². The standard InChI is InChI=1S/C20H40O2/c1-4-7-9-11-12-14-17-19(16-13-10-8-5-2)18-22-20(21)15-6-3/h19H,4-18H2,1-3H3/t19-/m1/s1. The van der Waals surface area contributed by atoms with Crippen LogP contribution in [-0.4, -0.2) is 12.6 Å². The Morgan fingerprint density at radius 1 is 0.727 bits per heavy atom. The van der Waals surface area contributed by atoms with E-state index in [-0.39, 0.29) is 5.97 Å². The molecule has 0 bridgehead atoms. The van der Waals surface area contributed by atoms with Crippen molar-refractivity contribution in [3.05, 3.63) is 0 Å². The summed E-state index contributed by atoms with van der Waals surface area (Å²) in [4.78, 5) is 11.5. The van der Waals surface area contributed by atoms with E-state index in [4.69, 9.17) is 4.74 Å². The number of carbonyl (C=O) groups excluding carboxylic acids is 1. The monoisotopic (exact) mass is 312 g/mol. The van der Waals surface area contributed by atoms with Crippen LogP contribution >= 0.6 is 0 Å². The fourth-order valence-corrected chi connectivity index (χ4v) is 2.87. The summed E-state index contributed by atoms with van der Waals surface area (Å²) in [7, 11) is 0. The van der Waals surface area contributed by atoms with Gasteiger partial charge in [-0.15, -0.1) is 0 Å². The van der Waals surface area contributed by atoms with Gasteiger partial charge in [0.25, 0.3) is 0 Å². The van der Waals surface area contributed by atoms with Crippen LogP contribution in [0.1, 0.15) is 111 Å². The van der Waals surface area contributed by atoms with Gasteiger partial charge in [-0.3, -0.25) is 4.79 Å². The third-order valence-electron chi connectivity index (χ3n) is 4.37. The van der Waals surface area contributed by atoms with Gasteiger partial charge >= 0.3 is 5.97 Å². The predicted molar refractivity (Wildman–Crippen MR) is 96.1 cm³/mol. The molecule has 0 spiro atoms. The highest BCUT2D eigenvalue weighted by molar-refractivity contribution is 5.69. The maximum atomic E-state index is 11.5. The average molecular weight is 313 g/mol. The van der Waals surface area contributed by atoms with E-state index >= 15 is 0 Å². The van der Waals surface area contributed by atoms with Gasteiger partial charge in [-0.1, -0.05) is 85.0 Å². The summed E-state index contributed by atoms with van der Waals surface area (Å²) in [5.41, 5.74) is 0. The van der Waals surface area contributed by atoms with Gasteiger partial charge < -0.3 is 4.74 Å². The molecule has 0 radical (unpaired) electrons. The molecule has 2 nitrogen and oxygen atoms in total. The lowest BCUT2D eigenvalue weighted by molar-refractivity contribution is -0.145. The van der Waals surface area contributed by atoms with Crippen LogP contribution in [-0.2, 0) is 9.53 Å². The highest BCUT2D eigenvalue weighted by Gasteiger charge is 2.11. The van der Waals surface area contributed by atoms with Crippen molar-refractivity contribution in [2.75, 3.05) is 6.61 Å². The highest BCUT2D eigenvalue weighted by atomic mass is 16.5. The Morgan fingerprint density at radius 3 is 1.77 bits per heavy atom. The summed E-state index contributed by atoms with van der Waals surface area (Å²) >= 11 is 0. The molecule has 0 unspecified atom stereocenters. The van der Waals surface area contributed by atoms with Crippen molar-refractivity contribution < 1.29 is 9.53 Å². The first-order chi connectivity index (χ1) is 10.7. The molecule has 1 atom stereocenters. The van der Waals surface area contributed by atoms with E-state index < -0.39 is 0 Å². The molecule has 0 saturated heterocycles. The molecule has 0 N–H and O–H groups in total. The fraction of sp³-hybridized carbons (Fsp3) is 0.950. The van der Waals surface area contributed by atoms with E-state index in [1.165, 1.54) is 77.0 Å². The Bertz CT molecular complexity index is 238. The maximum absolute atomic E-state index is 11.5. The van der Waals surface area contributed by atoms with Crippen LogP contribution in [0.5, 0.6) is 0 Å². The lowest BCUT2D eigenvalue weighted by Gasteiger charge is -2.17. The lowest BCUT2D eigenvalue weighted by Crippen LogP contribution is -2.14. The number of ether oxygens (including phenoxy) is 1. The molecule has 0 saturated carbocycles. The Hall–Kier alpha value is -0.530. The second kappa shape index (κ2) is 16.8. The molecule has 0 aromatic carbocycles. The first kappa shape index (κ1) is 21.5. The Morgan fingerprint density at radius 2 is 1.23 bits per heavy atom. The molecular weight excluding hydrogens is 272 g/mol. The molecule has 0 rings (SSSR count). The molecule has 0 aliphatic heterocycles. The number of rotatable bonds is 16. The summed E-state index contributed by atoms with van der Waals surface area (Å²) in [6.07, 6.45) is 17.2. The molecule has 0 heterocycles. The second-order valence-electron chi connectivity index (χ2n) is 6.70. The van der Waals surface area contributed by atoms with Gasteiger partial charge in [0.1, 0.15) is 0 Å². The van der Waals surface area contributed by atoms with Gasteiger partial charge in [0.15, 0.2) is 0 Å². The molecule has 0 fully saturated rings. The summed E-state index contributed by atoms with van der Waals surface area (Å²) in [5.74, 6) is 0.577. The minimum absolute atomic E-state index is 0.0102. The highest BCUT2D eigenvalue weighted by Crippen LogP contribution is 2.19. The summed E-state index contributed by atoms with van der Waals surface area (Å²) in [6.45, 7) is 7.19. The molecule has 2 heteroatoms. The van der Waals surface area contributed by atoms with E-state index in [1.54, 1.807) is 0 Å². The van der Waals surface area contributed by atoms with Gasteiger partial charge in [-0.2, -0.15) is 0 Å². The Kier molecular flexibility index (Phi) is 16.4. The van der Waals surface area contributed by atoms with Crippen LogP contribution in [0.15, 0.2) is 0 Å². The topological polar surface area (TPSA) is 26.3 Å². The number of esters is 1. The number of hydrogen-bond donors (Lipinski definition) is 0. The second-order valence-corrected chi connectivity index (χ2v) is 6.70. The normalized spacial score (nSPS) is 12.3. The van der Waals surface area contributed by atoms with Gasteiger partial charge in [-0.25, -0.2) is 0 Å². The smallest absolute Gasteiger partial charge is 0.305 e. The molecule has 0 aliphatic rings. The zero-order valence-corrected chi connectivity index (χ0v) is 15.5. The SMILES string of the molecule is CCCCCCCC[C@@H](CCCCCC)COC(=O)CCC. The minimum atomic E-state index is -0.0102. The fourth-order valence-electron chi connectivity index (χ4n) is 2.87. The van der Waals surface area contributed by atoms with Crippen LogP contribution in [0.4, 0.5) is 0 Å². The van der Waals surface area contributed by atoms with Crippen molar-refractivity contribution >= 4 is 5.97 Å². The van der Waals surface area contributed by atoms with Gasteiger partial charge in [0.05, 0.1) is 6.61 Å². The zero-order valence-electron chi connectivity index (χ0n) is 15.5. The number of carbonyl (C=O) groups is 1. The molecule has 0 aromatic heterocycles. The molecular formula is C20H40O2. The summed E-state index contributed by atoms with van der Waals surface area (Å²) in [6, 6.07) is 0. The minimum Gasteiger partial charge on any atom is -0.465 e. The van der Waals surface area contributed by atoms with Crippen molar-refractivity contribution in [1.82, 2.24) is 0 Å². The number of hydrogen-bond acceptors (Lipinski definition) is 2. The first-order valence-corrected chi connectivity index (χ1v) is 9.90. The van der Waals surface area contributed by atoms with E-state index in [9.17, 15) is 4.79 Å². The maximum Gasteiger partial charge on any atom is 0.305 e. The quantitative estimate of drug-likeness (QED) is 0.235. The van der Waals surface area contributed by atoms with Crippen molar-refractivity contribution in [2.45, 2.75) is 111 Å². The number of unbranched alkanes of at least 4 members (excludes halogenated alkanes) is 8. The third kappa shape index (κ3) is 14.4. The summed E-state index contributed by atoms with van der Waals surface area (Å²) in [5, 5.41) is 0. The van der Waals surface area contributed by atoms with Crippen molar-refractivity contribution in [1.29, 1.82) is 0 Å². The van der Waals surface area contributed by atoms with Gasteiger partial charge in [-0.05, 0) is 25.2 Å². The van der Waals surface area contributed by atoms with Crippen molar-refractivity contribution in [2.24, 2.45) is 5.92 Å². The van der Waals surface area contributed by atoms with Crippen LogP contribution < -0.4 is 0 Å². The Balaban J connectivity index is 3.86. The van der Waals surface area contributed by atoms with Crippen LogP contribution in [0.2, 0.25) is 0 Å². The van der Waals surface area contributed by atoms with E-state index in [0.29, 0.717) is 18.9 Å². The molecule has 0 aliphatic carbocycles. The van der Waals surface area contributed by atoms with Crippen molar-refractivity contribution in [3.8, 4) is 0 Å². The first-order valence-electron chi connectivity index (χ1n) is 9.90. The predicted octanol–water partition coefficient (Wildman–Crippen LogP) is 6.67. The van der Waals surface area contributed by atoms with Gasteiger partial charge in [0, 0.05) is 6.42 Å². The molecule has 0 aromatic rings. The van der Waals surface area contributed by atoms with Crippen LogP contribution in [0, 0.1) is 5.92 Å². The van der Waals surface area contributed by atoms with E-state index in [0.717, 1.165) is 6.42 Å². The Labute approximate surface area is 139 Å². The zero-order chi connectivity index (χ0) is 16.5. The molecule has 0 amide bonds. The van der Waals surface area contributed by atoms with Crippen molar-refractivity contribution in [3.63, 3.8) is 0 Å². The largest absolute Gasteiger partial charge is 0.465 e. The summed E-state index contributed by atoms with van der Waals surface area (Å²) < 4.78 is 5.46. The molecule has 22 heavy (non-hydrogen) atoms. The van der Waals surface area contributed by atoms with Gasteiger partial charge in [0.2, 0.25) is 0 Å². The van der Waals surface area contributed by atoms with Crippen LogP contribution in [0.3, 0.4) is 0 Å². The van der Waals surface area contributed by atoms with Crippen LogP contribution in [0.25, 0.3) is 0 Å².